The van der Waals surface area contributed by atoms with Crippen molar-refractivity contribution in [2.24, 2.45) is 0 Å². The molecule has 1 aromatic rings. The van der Waals surface area contributed by atoms with Gasteiger partial charge in [-0.05, 0) is 35.6 Å². The van der Waals surface area contributed by atoms with E-state index in [1.807, 2.05) is 0 Å². The lowest BCUT2D eigenvalue weighted by molar-refractivity contribution is -0.384. The van der Waals surface area contributed by atoms with E-state index in [1.165, 1.54) is 12.1 Å². The van der Waals surface area contributed by atoms with Gasteiger partial charge in [0.1, 0.15) is 0 Å². The molecule has 17 heavy (non-hydrogen) atoms. The van der Waals surface area contributed by atoms with E-state index in [2.05, 4.69) is 0 Å². The molecule has 3 nitrogen and oxygen atoms in total. The molecule has 0 fully saturated rings. The number of nitrogens with zero attached hydrogens (tertiary/aromatic N) is 1. The highest BCUT2D eigenvalue weighted by Gasteiger charge is 2.14. The number of rotatable bonds is 2. The second-order valence-corrected chi connectivity index (χ2v) is 6.27. The first-order valence-corrected chi connectivity index (χ1v) is 7.43. The van der Waals surface area contributed by atoms with Gasteiger partial charge in [0, 0.05) is 17.0 Å². The molecule has 0 unspecified atom stereocenters. The first kappa shape index (κ1) is 12.8. The number of halogens is 1. The van der Waals surface area contributed by atoms with E-state index in [-0.39, 0.29) is 5.69 Å². The van der Waals surface area contributed by atoms with Crippen LogP contribution >= 0.6 is 35.1 Å². The highest BCUT2D eigenvalue weighted by molar-refractivity contribution is 8.12. The van der Waals surface area contributed by atoms with Gasteiger partial charge in [-0.25, -0.2) is 0 Å². The summed E-state index contributed by atoms with van der Waals surface area (Å²) in [6, 6.07) is 6.55. The molecule has 0 N–H and O–H groups in total. The Kier molecular flexibility index (Phi) is 4.36. The summed E-state index contributed by atoms with van der Waals surface area (Å²) in [4.78, 5) is 11.2. The van der Waals surface area contributed by atoms with Gasteiger partial charge in [-0.3, -0.25) is 10.1 Å². The molecule has 0 aliphatic carbocycles. The van der Waals surface area contributed by atoms with E-state index in [4.69, 9.17) is 11.6 Å². The molecule has 1 aromatic carbocycles. The SMILES string of the molecule is O=[N+]([O-])c1ccc(C2=C(Cl)SCCCS2)cc1. The molecule has 1 aliphatic heterocycles. The molecule has 2 rings (SSSR count). The lowest BCUT2D eigenvalue weighted by Gasteiger charge is -2.06. The average molecular weight is 288 g/mol. The Balaban J connectivity index is 2.29. The van der Waals surface area contributed by atoms with Crippen LogP contribution in [0, 0.1) is 10.1 Å². The Morgan fingerprint density at radius 1 is 1.18 bits per heavy atom. The van der Waals surface area contributed by atoms with Crippen molar-refractivity contribution in [2.45, 2.75) is 6.42 Å². The summed E-state index contributed by atoms with van der Waals surface area (Å²) >= 11 is 9.57. The number of hydrogen-bond acceptors (Lipinski definition) is 4. The number of benzene rings is 1. The minimum Gasteiger partial charge on any atom is -0.258 e. The topological polar surface area (TPSA) is 43.1 Å². The van der Waals surface area contributed by atoms with Crippen molar-refractivity contribution in [1.82, 2.24) is 0 Å². The molecule has 0 spiro atoms. The monoisotopic (exact) mass is 287 g/mol. The highest BCUT2D eigenvalue weighted by Crippen LogP contribution is 2.41. The molecule has 1 aliphatic rings. The summed E-state index contributed by atoms with van der Waals surface area (Å²) in [7, 11) is 0. The summed E-state index contributed by atoms with van der Waals surface area (Å²) in [6.45, 7) is 0. The zero-order valence-corrected chi connectivity index (χ0v) is 11.3. The van der Waals surface area contributed by atoms with Crippen LogP contribution in [-0.2, 0) is 0 Å². The maximum atomic E-state index is 10.6. The number of thioether (sulfide) groups is 2. The molecular formula is C11H10ClNO2S2. The Bertz CT molecular complexity index is 459. The smallest absolute Gasteiger partial charge is 0.258 e. The van der Waals surface area contributed by atoms with Crippen molar-refractivity contribution < 1.29 is 4.92 Å². The van der Waals surface area contributed by atoms with Crippen molar-refractivity contribution in [3.8, 4) is 0 Å². The number of nitro benzene ring substituents is 1. The first-order chi connectivity index (χ1) is 8.18. The third-order valence-electron chi connectivity index (χ3n) is 2.28. The van der Waals surface area contributed by atoms with Crippen LogP contribution in [0.3, 0.4) is 0 Å². The van der Waals surface area contributed by atoms with Crippen LogP contribution in [0.2, 0.25) is 0 Å². The Morgan fingerprint density at radius 2 is 1.82 bits per heavy atom. The van der Waals surface area contributed by atoms with E-state index in [1.54, 1.807) is 35.7 Å². The maximum Gasteiger partial charge on any atom is 0.269 e. The van der Waals surface area contributed by atoms with Crippen LogP contribution in [0.25, 0.3) is 4.91 Å². The molecule has 0 amide bonds. The van der Waals surface area contributed by atoms with Gasteiger partial charge in [-0.2, -0.15) is 0 Å². The van der Waals surface area contributed by atoms with Gasteiger partial charge in [0.2, 0.25) is 0 Å². The second-order valence-electron chi connectivity index (χ2n) is 3.46. The Hall–Kier alpha value is -0.650. The molecule has 0 saturated heterocycles. The summed E-state index contributed by atoms with van der Waals surface area (Å²) < 4.78 is 0.793. The van der Waals surface area contributed by atoms with Crippen LogP contribution in [0.15, 0.2) is 28.6 Å². The van der Waals surface area contributed by atoms with E-state index in [0.29, 0.717) is 0 Å². The molecule has 0 bridgehead atoms. The molecule has 0 saturated carbocycles. The zero-order chi connectivity index (χ0) is 12.3. The molecule has 0 aromatic heterocycles. The predicted octanol–water partition coefficient (Wildman–Crippen LogP) is 4.33. The van der Waals surface area contributed by atoms with Crippen LogP contribution in [-0.4, -0.2) is 16.4 Å². The van der Waals surface area contributed by atoms with E-state index >= 15 is 0 Å². The lowest BCUT2D eigenvalue weighted by Crippen LogP contribution is -1.88. The quantitative estimate of drug-likeness (QED) is 0.600. The average Bonchev–Trinajstić information content (AvgIpc) is 2.54. The molecule has 0 atom stereocenters. The van der Waals surface area contributed by atoms with Crippen molar-refractivity contribution >= 4 is 45.7 Å². The Labute approximate surface area is 113 Å². The van der Waals surface area contributed by atoms with E-state index < -0.39 is 4.92 Å². The van der Waals surface area contributed by atoms with Crippen molar-refractivity contribution in [2.75, 3.05) is 11.5 Å². The van der Waals surface area contributed by atoms with Crippen molar-refractivity contribution in [3.63, 3.8) is 0 Å². The largest absolute Gasteiger partial charge is 0.269 e. The first-order valence-electron chi connectivity index (χ1n) is 5.08. The van der Waals surface area contributed by atoms with E-state index in [9.17, 15) is 10.1 Å². The molecule has 90 valence electrons. The third kappa shape index (κ3) is 3.18. The molecule has 6 heteroatoms. The van der Waals surface area contributed by atoms with Gasteiger partial charge in [0.15, 0.2) is 0 Å². The van der Waals surface area contributed by atoms with Gasteiger partial charge >= 0.3 is 0 Å². The van der Waals surface area contributed by atoms with Crippen molar-refractivity contribution in [3.05, 3.63) is 44.3 Å². The normalized spacial score (nSPS) is 16.8. The number of nitro groups is 1. The summed E-state index contributed by atoms with van der Waals surface area (Å²) in [5, 5.41) is 10.6. The second kappa shape index (κ2) is 5.80. The fourth-order valence-electron chi connectivity index (χ4n) is 1.45. The van der Waals surface area contributed by atoms with Gasteiger partial charge in [-0.1, -0.05) is 11.6 Å². The maximum absolute atomic E-state index is 10.6. The molecular weight excluding hydrogens is 278 g/mol. The molecule has 1 heterocycles. The predicted molar refractivity (Wildman–Crippen MR) is 75.4 cm³/mol. The summed E-state index contributed by atoms with van der Waals surface area (Å²) in [5.74, 6) is 2.07. The Morgan fingerprint density at radius 3 is 2.47 bits per heavy atom. The van der Waals surface area contributed by atoms with Crippen LogP contribution in [0.4, 0.5) is 5.69 Å². The fourth-order valence-corrected chi connectivity index (χ4v) is 4.11. The van der Waals surface area contributed by atoms with Gasteiger partial charge in [-0.15, -0.1) is 23.5 Å². The standard InChI is InChI=1S/C11H10ClNO2S2/c12-11-10(16-6-1-7-17-11)8-2-4-9(5-3-8)13(14)15/h2-5H,1,6-7H2. The number of hydrogen-bond donors (Lipinski definition) is 0. The van der Waals surface area contributed by atoms with Crippen molar-refractivity contribution in [1.29, 1.82) is 0 Å². The van der Waals surface area contributed by atoms with Crippen LogP contribution in [0.1, 0.15) is 12.0 Å². The van der Waals surface area contributed by atoms with Gasteiger partial charge in [0.25, 0.3) is 5.69 Å². The minimum atomic E-state index is -0.394. The highest BCUT2D eigenvalue weighted by atomic mass is 35.5. The zero-order valence-electron chi connectivity index (χ0n) is 8.89. The van der Waals surface area contributed by atoms with Gasteiger partial charge < -0.3 is 0 Å². The third-order valence-corrected chi connectivity index (χ3v) is 5.21. The number of non-ortho nitro benzene ring substituents is 1. The molecule has 0 radical (unpaired) electrons. The van der Waals surface area contributed by atoms with E-state index in [0.717, 1.165) is 32.8 Å². The van der Waals surface area contributed by atoms with Crippen LogP contribution in [0.5, 0.6) is 0 Å². The van der Waals surface area contributed by atoms with Gasteiger partial charge in [0.05, 0.1) is 9.29 Å². The minimum absolute atomic E-state index is 0.108. The summed E-state index contributed by atoms with van der Waals surface area (Å²) in [5.41, 5.74) is 1.07. The lowest BCUT2D eigenvalue weighted by atomic mass is 10.2. The fraction of sp³-hybridized carbons (Fsp3) is 0.273. The summed E-state index contributed by atoms with van der Waals surface area (Å²) in [6.07, 6.45) is 1.13. The van der Waals surface area contributed by atoms with Crippen LogP contribution < -0.4 is 0 Å².